The molecular formula is C13H10N4O. The third kappa shape index (κ3) is 1.16. The zero-order chi connectivity index (χ0) is 12.1. The Morgan fingerprint density at radius 3 is 2.94 bits per heavy atom. The van der Waals surface area contributed by atoms with Crippen molar-refractivity contribution >= 4 is 22.6 Å². The van der Waals surface area contributed by atoms with Crippen molar-refractivity contribution in [1.29, 1.82) is 0 Å². The fourth-order valence-electron chi connectivity index (χ4n) is 2.59. The number of Topliss-reactive ketones (excluding diaryl/α,β-unsaturated/α-hetero) is 1. The molecule has 2 aromatic heterocycles. The lowest BCUT2D eigenvalue weighted by Gasteiger charge is -2.14. The second-order valence-electron chi connectivity index (χ2n) is 4.51. The molecule has 1 aliphatic carbocycles. The van der Waals surface area contributed by atoms with Gasteiger partial charge in [0.1, 0.15) is 5.69 Å². The zero-order valence-electron chi connectivity index (χ0n) is 9.63. The second kappa shape index (κ2) is 3.35. The number of carbonyl (C=O) groups excluding carboxylic acids is 1. The molecule has 5 heteroatoms. The summed E-state index contributed by atoms with van der Waals surface area (Å²) in [4.78, 5) is 16.3. The van der Waals surface area contributed by atoms with Crippen molar-refractivity contribution in [3.05, 3.63) is 35.7 Å². The highest BCUT2D eigenvalue weighted by atomic mass is 16.1. The van der Waals surface area contributed by atoms with Gasteiger partial charge in [-0.3, -0.25) is 9.20 Å². The summed E-state index contributed by atoms with van der Waals surface area (Å²) >= 11 is 0. The molecule has 0 saturated carbocycles. The summed E-state index contributed by atoms with van der Waals surface area (Å²) in [5, 5.41) is 8.10. The lowest BCUT2D eigenvalue weighted by Crippen LogP contribution is -2.18. The number of aromatic nitrogens is 4. The number of rotatable bonds is 0. The first-order valence-electron chi connectivity index (χ1n) is 6.00. The summed E-state index contributed by atoms with van der Waals surface area (Å²) in [5.41, 5.74) is 3.34. The lowest BCUT2D eigenvalue weighted by molar-refractivity contribution is 0.0964. The van der Waals surface area contributed by atoms with Gasteiger partial charge in [-0.1, -0.05) is 12.1 Å². The van der Waals surface area contributed by atoms with Crippen LogP contribution in [0.3, 0.4) is 0 Å². The summed E-state index contributed by atoms with van der Waals surface area (Å²) in [6.07, 6.45) is 2.30. The average molecular weight is 238 g/mol. The Labute approximate surface area is 102 Å². The maximum absolute atomic E-state index is 11.9. The fraction of sp³-hybridized carbons (Fsp3) is 0.231. The number of para-hydroxylation sites is 2. The minimum atomic E-state index is 0.0865. The molecule has 0 spiro atoms. The Hall–Kier alpha value is -2.30. The van der Waals surface area contributed by atoms with E-state index in [-0.39, 0.29) is 5.78 Å². The third-order valence-corrected chi connectivity index (χ3v) is 3.41. The number of hydrogen-bond acceptors (Lipinski definition) is 4. The monoisotopic (exact) mass is 238 g/mol. The molecule has 0 atom stereocenters. The number of fused-ring (bicyclic) bond motifs is 5. The highest BCUT2D eigenvalue weighted by molar-refractivity contribution is 5.96. The lowest BCUT2D eigenvalue weighted by atomic mass is 9.99. The number of aryl methyl sites for hydroxylation is 1. The van der Waals surface area contributed by atoms with E-state index in [4.69, 9.17) is 0 Å². The first-order valence-corrected chi connectivity index (χ1v) is 6.00. The Morgan fingerprint density at radius 2 is 2.00 bits per heavy atom. The molecule has 88 valence electrons. The van der Waals surface area contributed by atoms with E-state index in [0.717, 1.165) is 29.6 Å². The normalized spacial score (nSPS) is 15.2. The van der Waals surface area contributed by atoms with Gasteiger partial charge in [0.15, 0.2) is 5.78 Å². The van der Waals surface area contributed by atoms with Crippen LogP contribution in [0.25, 0.3) is 16.8 Å². The number of carbonyl (C=O) groups is 1. The Kier molecular flexibility index (Phi) is 1.81. The van der Waals surface area contributed by atoms with Crippen LogP contribution in [0.2, 0.25) is 0 Å². The first kappa shape index (κ1) is 9.70. The molecular weight excluding hydrogens is 228 g/mol. The van der Waals surface area contributed by atoms with Crippen molar-refractivity contribution in [2.24, 2.45) is 0 Å². The van der Waals surface area contributed by atoms with Gasteiger partial charge in [-0.15, -0.1) is 10.2 Å². The zero-order valence-corrected chi connectivity index (χ0v) is 9.63. The van der Waals surface area contributed by atoms with Crippen LogP contribution in [-0.4, -0.2) is 25.4 Å². The molecule has 0 radical (unpaired) electrons. The SMILES string of the molecule is O=C1CCCc2c1nnc1nc3ccccc3n21. The highest BCUT2D eigenvalue weighted by Crippen LogP contribution is 2.23. The molecule has 18 heavy (non-hydrogen) atoms. The quantitative estimate of drug-likeness (QED) is 0.599. The average Bonchev–Trinajstić information content (AvgIpc) is 2.77. The highest BCUT2D eigenvalue weighted by Gasteiger charge is 2.23. The largest absolute Gasteiger partial charge is 0.292 e. The smallest absolute Gasteiger partial charge is 0.254 e. The van der Waals surface area contributed by atoms with E-state index in [9.17, 15) is 4.79 Å². The van der Waals surface area contributed by atoms with Gasteiger partial charge in [-0.2, -0.15) is 0 Å². The summed E-state index contributed by atoms with van der Waals surface area (Å²) in [7, 11) is 0. The number of imidazole rings is 1. The Bertz CT molecular complexity index is 790. The molecule has 0 fully saturated rings. The number of benzene rings is 1. The van der Waals surface area contributed by atoms with Crippen LogP contribution in [0, 0.1) is 0 Å². The molecule has 0 N–H and O–H groups in total. The molecule has 2 heterocycles. The summed E-state index contributed by atoms with van der Waals surface area (Å²) in [5.74, 6) is 0.660. The van der Waals surface area contributed by atoms with Crippen molar-refractivity contribution in [3.8, 4) is 0 Å². The van der Waals surface area contributed by atoms with Crippen molar-refractivity contribution < 1.29 is 4.79 Å². The minimum absolute atomic E-state index is 0.0865. The van der Waals surface area contributed by atoms with Crippen molar-refractivity contribution in [1.82, 2.24) is 19.6 Å². The van der Waals surface area contributed by atoms with Gasteiger partial charge >= 0.3 is 0 Å². The van der Waals surface area contributed by atoms with E-state index in [1.165, 1.54) is 0 Å². The van der Waals surface area contributed by atoms with Crippen molar-refractivity contribution in [2.45, 2.75) is 19.3 Å². The molecule has 1 aliphatic rings. The summed E-state index contributed by atoms with van der Waals surface area (Å²) < 4.78 is 1.97. The van der Waals surface area contributed by atoms with Gasteiger partial charge in [0.05, 0.1) is 16.7 Å². The van der Waals surface area contributed by atoms with Gasteiger partial charge in [-0.25, -0.2) is 4.98 Å². The fourth-order valence-corrected chi connectivity index (χ4v) is 2.59. The molecule has 0 bridgehead atoms. The van der Waals surface area contributed by atoms with Crippen LogP contribution in [0.15, 0.2) is 24.3 Å². The van der Waals surface area contributed by atoms with E-state index in [2.05, 4.69) is 15.2 Å². The predicted octanol–water partition coefficient (Wildman–Crippen LogP) is 1.80. The molecule has 4 rings (SSSR count). The molecule has 5 nitrogen and oxygen atoms in total. The molecule has 0 aliphatic heterocycles. The third-order valence-electron chi connectivity index (χ3n) is 3.41. The summed E-state index contributed by atoms with van der Waals surface area (Å²) in [6, 6.07) is 7.85. The molecule has 3 aromatic rings. The maximum Gasteiger partial charge on any atom is 0.254 e. The molecule has 0 amide bonds. The number of nitrogens with zero attached hydrogens (tertiary/aromatic N) is 4. The van der Waals surface area contributed by atoms with Crippen LogP contribution in [-0.2, 0) is 6.42 Å². The maximum atomic E-state index is 11.9. The van der Waals surface area contributed by atoms with Crippen LogP contribution < -0.4 is 0 Å². The van der Waals surface area contributed by atoms with Gasteiger partial charge in [0.2, 0.25) is 0 Å². The first-order chi connectivity index (χ1) is 8.84. The van der Waals surface area contributed by atoms with E-state index in [1.54, 1.807) is 0 Å². The van der Waals surface area contributed by atoms with Gasteiger partial charge in [-0.05, 0) is 25.0 Å². The van der Waals surface area contributed by atoms with Crippen LogP contribution in [0.5, 0.6) is 0 Å². The predicted molar refractivity (Wildman–Crippen MR) is 65.6 cm³/mol. The van der Waals surface area contributed by atoms with Crippen LogP contribution >= 0.6 is 0 Å². The van der Waals surface area contributed by atoms with E-state index in [1.807, 2.05) is 28.7 Å². The number of hydrogen-bond donors (Lipinski definition) is 0. The Morgan fingerprint density at radius 1 is 1.11 bits per heavy atom. The van der Waals surface area contributed by atoms with Crippen LogP contribution in [0.1, 0.15) is 29.0 Å². The topological polar surface area (TPSA) is 60.2 Å². The Balaban J connectivity index is 2.21. The van der Waals surface area contributed by atoms with Crippen molar-refractivity contribution in [2.75, 3.05) is 0 Å². The van der Waals surface area contributed by atoms with Gasteiger partial charge in [0, 0.05) is 6.42 Å². The van der Waals surface area contributed by atoms with Crippen LogP contribution in [0.4, 0.5) is 0 Å². The van der Waals surface area contributed by atoms with Crippen molar-refractivity contribution in [3.63, 3.8) is 0 Å². The van der Waals surface area contributed by atoms with E-state index >= 15 is 0 Å². The molecule has 0 unspecified atom stereocenters. The second-order valence-corrected chi connectivity index (χ2v) is 4.51. The molecule has 1 aromatic carbocycles. The summed E-state index contributed by atoms with van der Waals surface area (Å²) in [6.45, 7) is 0. The van der Waals surface area contributed by atoms with Gasteiger partial charge in [0.25, 0.3) is 5.78 Å². The number of ketones is 1. The van der Waals surface area contributed by atoms with E-state index in [0.29, 0.717) is 17.9 Å². The standard InChI is InChI=1S/C13H10N4O/c18-11-7-3-6-10-12(11)15-16-13-14-8-4-1-2-5-9(8)17(10)13/h1-2,4-5H,3,6-7H2. The minimum Gasteiger partial charge on any atom is -0.292 e. The molecule has 0 saturated heterocycles. The van der Waals surface area contributed by atoms with Gasteiger partial charge < -0.3 is 0 Å². The van der Waals surface area contributed by atoms with E-state index < -0.39 is 0 Å².